The molecule has 1 aromatic carbocycles. The van der Waals surface area contributed by atoms with E-state index in [1.807, 2.05) is 18.2 Å². The molecular formula is C15H20O2. The van der Waals surface area contributed by atoms with E-state index in [0.29, 0.717) is 0 Å². The van der Waals surface area contributed by atoms with Gasteiger partial charge in [0.2, 0.25) is 0 Å². The highest BCUT2D eigenvalue weighted by molar-refractivity contribution is 5.34. The molecule has 0 amide bonds. The molecule has 3 rings (SSSR count). The lowest BCUT2D eigenvalue weighted by Gasteiger charge is -2.38. The smallest absolute Gasteiger partial charge is 0.148 e. The van der Waals surface area contributed by atoms with Gasteiger partial charge in [-0.1, -0.05) is 49.6 Å². The van der Waals surface area contributed by atoms with Crippen LogP contribution in [0.5, 0.6) is 0 Å². The SMILES string of the molecule is C[C@H]1O[C@@]1(c1ccccc1)C1(O)CCCCC1. The molecule has 2 fully saturated rings. The predicted molar refractivity (Wildman–Crippen MR) is 66.7 cm³/mol. The zero-order valence-corrected chi connectivity index (χ0v) is 10.4. The summed E-state index contributed by atoms with van der Waals surface area (Å²) in [6.07, 6.45) is 5.33. The first-order chi connectivity index (χ1) is 8.19. The van der Waals surface area contributed by atoms with Crippen molar-refractivity contribution in [1.82, 2.24) is 0 Å². The van der Waals surface area contributed by atoms with Gasteiger partial charge in [0, 0.05) is 0 Å². The van der Waals surface area contributed by atoms with E-state index in [9.17, 15) is 5.11 Å². The molecule has 0 bridgehead atoms. The minimum Gasteiger partial charge on any atom is -0.386 e. The van der Waals surface area contributed by atoms with Gasteiger partial charge < -0.3 is 9.84 Å². The Balaban J connectivity index is 1.98. The van der Waals surface area contributed by atoms with Gasteiger partial charge >= 0.3 is 0 Å². The summed E-state index contributed by atoms with van der Waals surface area (Å²) in [6.45, 7) is 2.07. The third kappa shape index (κ3) is 1.54. The van der Waals surface area contributed by atoms with E-state index in [0.717, 1.165) is 31.2 Å². The van der Waals surface area contributed by atoms with Crippen molar-refractivity contribution in [3.05, 3.63) is 35.9 Å². The quantitative estimate of drug-likeness (QED) is 0.795. The third-order valence-electron chi connectivity index (χ3n) is 4.45. The van der Waals surface area contributed by atoms with E-state index < -0.39 is 11.2 Å². The summed E-state index contributed by atoms with van der Waals surface area (Å²) in [4.78, 5) is 0. The second kappa shape index (κ2) is 3.82. The van der Waals surface area contributed by atoms with E-state index >= 15 is 0 Å². The van der Waals surface area contributed by atoms with Crippen LogP contribution in [-0.4, -0.2) is 16.8 Å². The van der Waals surface area contributed by atoms with Crippen molar-refractivity contribution in [3.8, 4) is 0 Å². The Morgan fingerprint density at radius 1 is 1.12 bits per heavy atom. The number of ether oxygens (including phenoxy) is 1. The lowest BCUT2D eigenvalue weighted by atomic mass is 9.71. The fourth-order valence-electron chi connectivity index (χ4n) is 3.50. The number of benzene rings is 1. The van der Waals surface area contributed by atoms with Crippen LogP contribution in [0.25, 0.3) is 0 Å². The number of rotatable bonds is 2. The molecule has 1 saturated heterocycles. The van der Waals surface area contributed by atoms with E-state index in [1.54, 1.807) is 0 Å². The summed E-state index contributed by atoms with van der Waals surface area (Å²) in [6, 6.07) is 10.2. The molecule has 0 aromatic heterocycles. The zero-order valence-electron chi connectivity index (χ0n) is 10.4. The molecule has 2 atom stereocenters. The molecule has 0 unspecified atom stereocenters. The van der Waals surface area contributed by atoms with Gasteiger partial charge in [-0.2, -0.15) is 0 Å². The molecule has 1 saturated carbocycles. The molecule has 2 heteroatoms. The maximum absolute atomic E-state index is 11.0. The van der Waals surface area contributed by atoms with E-state index in [1.165, 1.54) is 6.42 Å². The van der Waals surface area contributed by atoms with Crippen molar-refractivity contribution in [3.63, 3.8) is 0 Å². The Hall–Kier alpha value is -0.860. The van der Waals surface area contributed by atoms with Gasteiger partial charge in [-0.25, -0.2) is 0 Å². The van der Waals surface area contributed by atoms with Crippen LogP contribution in [0.15, 0.2) is 30.3 Å². The molecule has 0 spiro atoms. The monoisotopic (exact) mass is 232 g/mol. The Kier molecular flexibility index (Phi) is 2.53. The molecule has 1 heterocycles. The van der Waals surface area contributed by atoms with Crippen LogP contribution in [0.2, 0.25) is 0 Å². The highest BCUT2D eigenvalue weighted by Gasteiger charge is 2.67. The molecular weight excluding hydrogens is 212 g/mol. The average Bonchev–Trinajstić information content (AvgIpc) is 3.05. The van der Waals surface area contributed by atoms with Crippen molar-refractivity contribution in [2.24, 2.45) is 0 Å². The molecule has 2 aliphatic rings. The average molecular weight is 232 g/mol. The molecule has 1 aliphatic carbocycles. The highest BCUT2D eigenvalue weighted by atomic mass is 16.6. The van der Waals surface area contributed by atoms with Crippen LogP contribution in [0.3, 0.4) is 0 Å². The first kappa shape index (κ1) is 11.2. The Labute approximate surface area is 103 Å². The maximum Gasteiger partial charge on any atom is 0.148 e. The second-order valence-electron chi connectivity index (χ2n) is 5.45. The number of epoxide rings is 1. The lowest BCUT2D eigenvalue weighted by molar-refractivity contribution is -0.0684. The van der Waals surface area contributed by atoms with Crippen molar-refractivity contribution in [1.29, 1.82) is 0 Å². The van der Waals surface area contributed by atoms with Crippen LogP contribution in [0, 0.1) is 0 Å². The van der Waals surface area contributed by atoms with Gasteiger partial charge in [-0.3, -0.25) is 0 Å². The first-order valence-electron chi connectivity index (χ1n) is 6.65. The Morgan fingerprint density at radius 2 is 1.71 bits per heavy atom. The van der Waals surface area contributed by atoms with Crippen molar-refractivity contribution in [2.45, 2.75) is 56.3 Å². The standard InChI is InChI=1S/C15H20O2/c1-12-15(17-12,13-8-4-2-5-9-13)14(16)10-6-3-7-11-14/h2,4-5,8-9,12,16H,3,6-7,10-11H2,1H3/t12-,15+/m1/s1. The van der Waals surface area contributed by atoms with Gasteiger partial charge in [0.05, 0.1) is 6.10 Å². The van der Waals surface area contributed by atoms with Crippen LogP contribution in [0.1, 0.15) is 44.6 Å². The topological polar surface area (TPSA) is 32.8 Å². The largest absolute Gasteiger partial charge is 0.386 e. The van der Waals surface area contributed by atoms with Crippen LogP contribution in [0.4, 0.5) is 0 Å². The third-order valence-corrected chi connectivity index (χ3v) is 4.45. The number of aliphatic hydroxyl groups is 1. The van der Waals surface area contributed by atoms with Gasteiger partial charge in [0.1, 0.15) is 11.2 Å². The lowest BCUT2D eigenvalue weighted by Crippen LogP contribution is -2.46. The first-order valence-corrected chi connectivity index (χ1v) is 6.65. The normalized spacial score (nSPS) is 35.5. The second-order valence-corrected chi connectivity index (χ2v) is 5.45. The summed E-state index contributed by atoms with van der Waals surface area (Å²) in [5, 5.41) is 11.0. The summed E-state index contributed by atoms with van der Waals surface area (Å²) < 4.78 is 5.88. The number of hydrogen-bond donors (Lipinski definition) is 1. The van der Waals surface area contributed by atoms with Crippen LogP contribution < -0.4 is 0 Å². The fraction of sp³-hybridized carbons (Fsp3) is 0.600. The minimum atomic E-state index is -0.661. The molecule has 0 radical (unpaired) electrons. The molecule has 1 N–H and O–H groups in total. The Bertz CT molecular complexity index is 395. The molecule has 2 nitrogen and oxygen atoms in total. The summed E-state index contributed by atoms with van der Waals surface area (Å²) in [5.74, 6) is 0. The molecule has 1 aromatic rings. The molecule has 17 heavy (non-hydrogen) atoms. The van der Waals surface area contributed by atoms with Crippen molar-refractivity contribution in [2.75, 3.05) is 0 Å². The predicted octanol–water partition coefficient (Wildman–Crippen LogP) is 3.00. The Morgan fingerprint density at radius 3 is 2.24 bits per heavy atom. The highest BCUT2D eigenvalue weighted by Crippen LogP contribution is 2.58. The van der Waals surface area contributed by atoms with Crippen LogP contribution >= 0.6 is 0 Å². The number of hydrogen-bond acceptors (Lipinski definition) is 2. The summed E-state index contributed by atoms with van der Waals surface area (Å²) >= 11 is 0. The summed E-state index contributed by atoms with van der Waals surface area (Å²) in [7, 11) is 0. The van der Waals surface area contributed by atoms with Gasteiger partial charge in [0.25, 0.3) is 0 Å². The van der Waals surface area contributed by atoms with Gasteiger partial charge in [0.15, 0.2) is 0 Å². The van der Waals surface area contributed by atoms with E-state index in [-0.39, 0.29) is 6.10 Å². The van der Waals surface area contributed by atoms with Gasteiger partial charge in [-0.05, 0) is 25.3 Å². The zero-order chi connectivity index (χ0) is 11.9. The fourth-order valence-corrected chi connectivity index (χ4v) is 3.50. The van der Waals surface area contributed by atoms with Crippen molar-refractivity contribution >= 4 is 0 Å². The van der Waals surface area contributed by atoms with Gasteiger partial charge in [-0.15, -0.1) is 0 Å². The minimum absolute atomic E-state index is 0.132. The van der Waals surface area contributed by atoms with E-state index in [2.05, 4.69) is 19.1 Å². The summed E-state index contributed by atoms with van der Waals surface area (Å²) in [5.41, 5.74) is 0.0395. The van der Waals surface area contributed by atoms with Crippen LogP contribution in [-0.2, 0) is 10.3 Å². The molecule has 1 aliphatic heterocycles. The molecule has 92 valence electrons. The van der Waals surface area contributed by atoms with Crippen molar-refractivity contribution < 1.29 is 9.84 Å². The maximum atomic E-state index is 11.0. The van der Waals surface area contributed by atoms with E-state index in [4.69, 9.17) is 4.74 Å².